The number of hydrogen-bond donors (Lipinski definition) is 1. The monoisotopic (exact) mass is 280 g/mol. The Morgan fingerprint density at radius 2 is 2.10 bits per heavy atom. The molecule has 0 bridgehead atoms. The summed E-state index contributed by atoms with van der Waals surface area (Å²) in [6.45, 7) is 8.99. The lowest BCUT2D eigenvalue weighted by molar-refractivity contribution is 0.130. The van der Waals surface area contributed by atoms with Gasteiger partial charge in [0, 0.05) is 26.2 Å². The van der Waals surface area contributed by atoms with Gasteiger partial charge in [0.1, 0.15) is 11.5 Å². The number of rotatable bonds is 10. The van der Waals surface area contributed by atoms with E-state index in [1.54, 1.807) is 7.11 Å². The summed E-state index contributed by atoms with van der Waals surface area (Å²) in [5.74, 6) is 2.75. The molecule has 0 unspecified atom stereocenters. The predicted octanol–water partition coefficient (Wildman–Crippen LogP) is 2.64. The van der Waals surface area contributed by atoms with Crippen molar-refractivity contribution in [1.82, 2.24) is 10.2 Å². The first kappa shape index (κ1) is 15.5. The third-order valence-electron chi connectivity index (χ3n) is 3.47. The summed E-state index contributed by atoms with van der Waals surface area (Å²) in [6, 6.07) is 4.92. The van der Waals surface area contributed by atoms with Crippen LogP contribution in [0.3, 0.4) is 0 Å². The van der Waals surface area contributed by atoms with E-state index in [4.69, 9.17) is 9.15 Å². The minimum atomic E-state index is 0.651. The fourth-order valence-corrected chi connectivity index (χ4v) is 2.33. The molecule has 0 amide bonds. The summed E-state index contributed by atoms with van der Waals surface area (Å²) >= 11 is 0. The fourth-order valence-electron chi connectivity index (χ4n) is 2.33. The van der Waals surface area contributed by atoms with Crippen molar-refractivity contribution >= 4 is 0 Å². The van der Waals surface area contributed by atoms with Crippen molar-refractivity contribution in [3.63, 3.8) is 0 Å². The number of nitrogens with one attached hydrogen (secondary N) is 1. The second-order valence-electron chi connectivity index (χ2n) is 6.14. The van der Waals surface area contributed by atoms with Gasteiger partial charge in [0.05, 0.1) is 19.7 Å². The molecule has 4 heteroatoms. The summed E-state index contributed by atoms with van der Waals surface area (Å²) in [6.07, 6.45) is 2.62. The average Bonchev–Trinajstić information content (AvgIpc) is 3.13. The number of methoxy groups -OCH3 is 1. The molecule has 0 radical (unpaired) electrons. The van der Waals surface area contributed by atoms with Gasteiger partial charge in [-0.2, -0.15) is 0 Å². The average molecular weight is 280 g/mol. The van der Waals surface area contributed by atoms with Crippen LogP contribution in [0.4, 0.5) is 0 Å². The first-order valence-corrected chi connectivity index (χ1v) is 7.69. The van der Waals surface area contributed by atoms with E-state index in [0.717, 1.165) is 50.3 Å². The Morgan fingerprint density at radius 1 is 1.35 bits per heavy atom. The topological polar surface area (TPSA) is 37.6 Å². The van der Waals surface area contributed by atoms with Crippen LogP contribution < -0.4 is 5.32 Å². The number of furan rings is 1. The summed E-state index contributed by atoms with van der Waals surface area (Å²) in [5.41, 5.74) is 0. The molecule has 2 rings (SSSR count). The Morgan fingerprint density at radius 3 is 2.75 bits per heavy atom. The van der Waals surface area contributed by atoms with E-state index in [2.05, 4.69) is 36.2 Å². The minimum absolute atomic E-state index is 0.651. The van der Waals surface area contributed by atoms with E-state index in [1.165, 1.54) is 12.8 Å². The van der Waals surface area contributed by atoms with Gasteiger partial charge in [-0.15, -0.1) is 0 Å². The van der Waals surface area contributed by atoms with Gasteiger partial charge >= 0.3 is 0 Å². The molecule has 1 saturated carbocycles. The largest absolute Gasteiger partial charge is 0.463 e. The van der Waals surface area contributed by atoms with Crippen molar-refractivity contribution in [1.29, 1.82) is 0 Å². The van der Waals surface area contributed by atoms with Crippen LogP contribution in [0.15, 0.2) is 16.5 Å². The van der Waals surface area contributed by atoms with Gasteiger partial charge in [-0.25, -0.2) is 0 Å². The molecule has 20 heavy (non-hydrogen) atoms. The molecule has 1 fully saturated rings. The van der Waals surface area contributed by atoms with Crippen LogP contribution in [-0.2, 0) is 17.8 Å². The van der Waals surface area contributed by atoms with Crippen molar-refractivity contribution < 1.29 is 9.15 Å². The first-order chi connectivity index (χ1) is 9.67. The molecule has 1 aliphatic rings. The summed E-state index contributed by atoms with van der Waals surface area (Å²) < 4.78 is 11.1. The zero-order valence-corrected chi connectivity index (χ0v) is 13.0. The molecule has 0 aliphatic heterocycles. The summed E-state index contributed by atoms with van der Waals surface area (Å²) in [5, 5.41) is 3.48. The number of ether oxygens (including phenoxy) is 1. The molecule has 114 valence electrons. The molecule has 1 aromatic heterocycles. The first-order valence-electron chi connectivity index (χ1n) is 7.69. The normalized spacial score (nSPS) is 15.4. The zero-order chi connectivity index (χ0) is 14.4. The summed E-state index contributed by atoms with van der Waals surface area (Å²) in [7, 11) is 1.75. The van der Waals surface area contributed by atoms with Gasteiger partial charge in [0.15, 0.2) is 0 Å². The third kappa shape index (κ3) is 5.65. The van der Waals surface area contributed by atoms with Crippen LogP contribution in [0.5, 0.6) is 0 Å². The van der Waals surface area contributed by atoms with Crippen molar-refractivity contribution in [3.05, 3.63) is 23.7 Å². The second kappa shape index (κ2) is 7.81. The Bertz CT molecular complexity index is 386. The van der Waals surface area contributed by atoms with Gasteiger partial charge in [0.25, 0.3) is 0 Å². The lowest BCUT2D eigenvalue weighted by atomic mass is 10.2. The van der Waals surface area contributed by atoms with Crippen LogP contribution in [0.1, 0.15) is 38.2 Å². The molecule has 1 N–H and O–H groups in total. The molecule has 0 aromatic carbocycles. The third-order valence-corrected chi connectivity index (χ3v) is 3.47. The number of nitrogens with zero attached hydrogens (tertiary/aromatic N) is 1. The van der Waals surface area contributed by atoms with Crippen molar-refractivity contribution in [2.45, 2.75) is 45.8 Å². The van der Waals surface area contributed by atoms with Crippen LogP contribution in [0.2, 0.25) is 0 Å². The Kier molecular flexibility index (Phi) is 6.07. The fraction of sp³-hybridized carbons (Fsp3) is 0.750. The van der Waals surface area contributed by atoms with Gasteiger partial charge < -0.3 is 14.5 Å². The van der Waals surface area contributed by atoms with E-state index in [0.29, 0.717) is 5.92 Å². The van der Waals surface area contributed by atoms with Crippen molar-refractivity contribution in [2.75, 3.05) is 26.8 Å². The van der Waals surface area contributed by atoms with Gasteiger partial charge in [0.2, 0.25) is 0 Å². The Balaban J connectivity index is 1.81. The van der Waals surface area contributed by atoms with Crippen molar-refractivity contribution in [3.8, 4) is 0 Å². The highest BCUT2D eigenvalue weighted by atomic mass is 16.5. The maximum Gasteiger partial charge on any atom is 0.118 e. The highest BCUT2D eigenvalue weighted by Crippen LogP contribution is 2.20. The Hall–Kier alpha value is -0.840. The molecule has 4 nitrogen and oxygen atoms in total. The maximum absolute atomic E-state index is 5.91. The SMILES string of the molecule is COCCN(Cc1ccc(CNC2CC2)o1)CC(C)C. The quantitative estimate of drug-likeness (QED) is 0.715. The van der Waals surface area contributed by atoms with E-state index in [1.807, 2.05) is 0 Å². The molecule has 0 saturated heterocycles. The highest BCUT2D eigenvalue weighted by molar-refractivity contribution is 5.07. The minimum Gasteiger partial charge on any atom is -0.463 e. The molecule has 1 aromatic rings. The molecular weight excluding hydrogens is 252 g/mol. The highest BCUT2D eigenvalue weighted by Gasteiger charge is 2.20. The van der Waals surface area contributed by atoms with E-state index >= 15 is 0 Å². The van der Waals surface area contributed by atoms with Crippen LogP contribution in [0, 0.1) is 5.92 Å². The second-order valence-corrected chi connectivity index (χ2v) is 6.14. The molecule has 1 aliphatic carbocycles. The van der Waals surface area contributed by atoms with Gasteiger partial charge in [-0.05, 0) is 30.9 Å². The van der Waals surface area contributed by atoms with E-state index < -0.39 is 0 Å². The lowest BCUT2D eigenvalue weighted by Crippen LogP contribution is -2.30. The molecule has 1 heterocycles. The van der Waals surface area contributed by atoms with Crippen LogP contribution in [-0.4, -0.2) is 37.7 Å². The molecular formula is C16H28N2O2. The standard InChI is InChI=1S/C16H28N2O2/c1-13(2)11-18(8-9-19-3)12-16-7-6-15(20-16)10-17-14-4-5-14/h6-7,13-14,17H,4-5,8-12H2,1-3H3. The van der Waals surface area contributed by atoms with E-state index in [-0.39, 0.29) is 0 Å². The lowest BCUT2D eigenvalue weighted by Gasteiger charge is -2.22. The maximum atomic E-state index is 5.91. The van der Waals surface area contributed by atoms with Crippen LogP contribution in [0.25, 0.3) is 0 Å². The van der Waals surface area contributed by atoms with Crippen molar-refractivity contribution in [2.24, 2.45) is 5.92 Å². The predicted molar refractivity (Wildman–Crippen MR) is 80.6 cm³/mol. The Labute approximate surface area is 122 Å². The van der Waals surface area contributed by atoms with Gasteiger partial charge in [-0.3, -0.25) is 4.90 Å². The summed E-state index contributed by atoms with van der Waals surface area (Å²) in [4.78, 5) is 2.39. The molecule has 0 atom stereocenters. The van der Waals surface area contributed by atoms with Crippen LogP contribution >= 0.6 is 0 Å². The molecule has 0 spiro atoms. The smallest absolute Gasteiger partial charge is 0.118 e. The van der Waals surface area contributed by atoms with E-state index in [9.17, 15) is 0 Å². The zero-order valence-electron chi connectivity index (χ0n) is 13.0. The van der Waals surface area contributed by atoms with Gasteiger partial charge in [-0.1, -0.05) is 13.8 Å². The number of hydrogen-bond acceptors (Lipinski definition) is 4.